The van der Waals surface area contributed by atoms with E-state index in [1.807, 2.05) is 35.1 Å². The third kappa shape index (κ3) is 2.75. The van der Waals surface area contributed by atoms with E-state index in [1.54, 1.807) is 0 Å². The average molecular weight is 314 g/mol. The van der Waals surface area contributed by atoms with Crippen LogP contribution in [0.25, 0.3) is 5.57 Å². The summed E-state index contributed by atoms with van der Waals surface area (Å²) in [5.74, 6) is 6.32. The van der Waals surface area contributed by atoms with Gasteiger partial charge in [0.2, 0.25) is 0 Å². The maximum Gasteiger partial charge on any atom is 0.189 e. The minimum atomic E-state index is 0.520. The minimum Gasteiger partial charge on any atom is -0.461 e. The lowest BCUT2D eigenvalue weighted by atomic mass is 9.54. The first-order valence-corrected chi connectivity index (χ1v) is 5.90. The molecule has 0 radical (unpaired) electrons. The molecule has 1 aliphatic heterocycles. The molecule has 0 atom stereocenters. The van der Waals surface area contributed by atoms with Gasteiger partial charge in [-0.2, -0.15) is 0 Å². The molecular formula is C11H12BIO2. The Morgan fingerprint density at radius 2 is 2.33 bits per heavy atom. The van der Waals surface area contributed by atoms with Crippen molar-refractivity contribution in [3.63, 3.8) is 0 Å². The maximum absolute atomic E-state index is 5.72. The molecule has 15 heavy (non-hydrogen) atoms. The summed E-state index contributed by atoms with van der Waals surface area (Å²) in [6, 6.07) is 4.04. The van der Waals surface area contributed by atoms with Gasteiger partial charge >= 0.3 is 0 Å². The van der Waals surface area contributed by atoms with Gasteiger partial charge in [0.05, 0.1) is 6.61 Å². The van der Waals surface area contributed by atoms with E-state index in [2.05, 4.69) is 24.8 Å². The Morgan fingerprint density at radius 1 is 1.47 bits per heavy atom. The summed E-state index contributed by atoms with van der Waals surface area (Å²) in [6.45, 7) is 3.38. The summed E-state index contributed by atoms with van der Waals surface area (Å²) < 4.78 is 10.7. The molecule has 0 amide bonds. The van der Waals surface area contributed by atoms with Gasteiger partial charge in [-0.25, -0.2) is 0 Å². The van der Waals surface area contributed by atoms with Gasteiger partial charge < -0.3 is 7.48 Å². The van der Waals surface area contributed by atoms with Crippen LogP contribution < -0.4 is 0 Å². The number of rotatable bonds is 4. The van der Waals surface area contributed by atoms with Gasteiger partial charge in [-0.05, 0) is 12.1 Å². The molecule has 1 aliphatic rings. The van der Waals surface area contributed by atoms with Gasteiger partial charge in [-0.15, -0.1) is 5.98 Å². The summed E-state index contributed by atoms with van der Waals surface area (Å²) in [5, 5.41) is 0. The van der Waals surface area contributed by atoms with Crippen LogP contribution in [0.3, 0.4) is 0 Å². The van der Waals surface area contributed by atoms with Crippen molar-refractivity contribution >= 4 is 35.3 Å². The number of hydrogen-bond donors (Lipinski definition) is 0. The highest BCUT2D eigenvalue weighted by molar-refractivity contribution is 14.1. The number of allylic oxidation sites excluding steroid dienone is 2. The predicted octanol–water partition coefficient (Wildman–Crippen LogP) is 3.34. The highest BCUT2D eigenvalue weighted by Crippen LogP contribution is 2.23. The standard InChI is InChI=1S/C11H12BIO2/c1-12-6-4-9(8-12)11-3-2-10(15-11)5-7-14-13/h2-4,6,8H,5,7H2,1H3. The SMILES string of the molecule is CB1C=CC(c2ccc(CCOI)o2)=C1. The molecule has 2 rings (SSSR count). The molecule has 0 aromatic carbocycles. The van der Waals surface area contributed by atoms with E-state index in [0.29, 0.717) is 13.3 Å². The van der Waals surface area contributed by atoms with Gasteiger partial charge in [0.1, 0.15) is 34.5 Å². The van der Waals surface area contributed by atoms with Gasteiger partial charge in [-0.3, -0.25) is 0 Å². The number of halogens is 1. The monoisotopic (exact) mass is 314 g/mol. The molecule has 78 valence electrons. The fourth-order valence-electron chi connectivity index (χ4n) is 1.62. The molecule has 2 heterocycles. The van der Waals surface area contributed by atoms with Crippen LogP contribution in [0.1, 0.15) is 11.5 Å². The van der Waals surface area contributed by atoms with Crippen molar-refractivity contribution in [1.82, 2.24) is 0 Å². The van der Waals surface area contributed by atoms with Crippen molar-refractivity contribution in [2.45, 2.75) is 13.2 Å². The third-order valence-electron chi connectivity index (χ3n) is 2.39. The van der Waals surface area contributed by atoms with Crippen molar-refractivity contribution in [3.05, 3.63) is 41.7 Å². The second kappa shape index (κ2) is 5.03. The molecular weight excluding hydrogens is 302 g/mol. The predicted molar refractivity (Wildman–Crippen MR) is 71.1 cm³/mol. The first-order valence-electron chi connectivity index (χ1n) is 5.02. The van der Waals surface area contributed by atoms with E-state index in [0.717, 1.165) is 17.9 Å². The van der Waals surface area contributed by atoms with Crippen molar-refractivity contribution < 1.29 is 7.48 Å². The minimum absolute atomic E-state index is 0.520. The van der Waals surface area contributed by atoms with Crippen molar-refractivity contribution in [1.29, 1.82) is 0 Å². The molecule has 1 aromatic heterocycles. The first kappa shape index (κ1) is 11.0. The molecule has 0 N–H and O–H groups in total. The average Bonchev–Trinajstić information content (AvgIpc) is 2.83. The molecule has 0 saturated carbocycles. The Bertz CT molecular complexity index is 395. The van der Waals surface area contributed by atoms with Crippen LogP contribution in [0.4, 0.5) is 0 Å². The molecule has 0 saturated heterocycles. The van der Waals surface area contributed by atoms with Crippen LogP contribution in [0.5, 0.6) is 0 Å². The number of hydrogen-bond acceptors (Lipinski definition) is 2. The van der Waals surface area contributed by atoms with E-state index < -0.39 is 0 Å². The smallest absolute Gasteiger partial charge is 0.189 e. The van der Waals surface area contributed by atoms with Gasteiger partial charge in [0.25, 0.3) is 0 Å². The Morgan fingerprint density at radius 3 is 3.00 bits per heavy atom. The van der Waals surface area contributed by atoms with Crippen LogP contribution in [-0.2, 0) is 9.49 Å². The molecule has 0 bridgehead atoms. The second-order valence-electron chi connectivity index (χ2n) is 3.67. The summed E-state index contributed by atoms with van der Waals surface area (Å²) in [7, 11) is 0. The normalized spacial score (nSPS) is 14.8. The number of furan rings is 1. The van der Waals surface area contributed by atoms with E-state index in [4.69, 9.17) is 7.48 Å². The summed E-state index contributed by atoms with van der Waals surface area (Å²) in [5.41, 5.74) is 1.18. The molecule has 2 nitrogen and oxygen atoms in total. The van der Waals surface area contributed by atoms with Crippen LogP contribution in [0.2, 0.25) is 6.82 Å². The zero-order valence-corrected chi connectivity index (χ0v) is 10.7. The van der Waals surface area contributed by atoms with Crippen molar-refractivity contribution in [3.8, 4) is 0 Å². The van der Waals surface area contributed by atoms with E-state index in [-0.39, 0.29) is 0 Å². The largest absolute Gasteiger partial charge is 0.461 e. The highest BCUT2D eigenvalue weighted by Gasteiger charge is 2.12. The first-order chi connectivity index (χ1) is 7.29. The van der Waals surface area contributed by atoms with Crippen LogP contribution in [-0.4, -0.2) is 13.3 Å². The molecule has 0 aliphatic carbocycles. The maximum atomic E-state index is 5.72. The van der Waals surface area contributed by atoms with Crippen LogP contribution in [0, 0.1) is 0 Å². The van der Waals surface area contributed by atoms with Gasteiger partial charge in [0.15, 0.2) is 6.71 Å². The van der Waals surface area contributed by atoms with Crippen molar-refractivity contribution in [2.75, 3.05) is 6.61 Å². The lowest BCUT2D eigenvalue weighted by Gasteiger charge is -1.95. The molecule has 0 fully saturated rings. The summed E-state index contributed by atoms with van der Waals surface area (Å²) in [4.78, 5) is 0. The molecule has 0 unspecified atom stereocenters. The summed E-state index contributed by atoms with van der Waals surface area (Å²) in [6.07, 6.45) is 2.94. The van der Waals surface area contributed by atoms with E-state index >= 15 is 0 Å². The van der Waals surface area contributed by atoms with Crippen LogP contribution in [0.15, 0.2) is 34.6 Å². The Hall–Kier alpha value is -0.485. The van der Waals surface area contributed by atoms with Gasteiger partial charge in [-0.1, -0.05) is 18.9 Å². The Labute approximate surface area is 104 Å². The fourth-order valence-corrected chi connectivity index (χ4v) is 1.84. The van der Waals surface area contributed by atoms with Crippen molar-refractivity contribution in [2.24, 2.45) is 0 Å². The van der Waals surface area contributed by atoms with Crippen LogP contribution >= 0.6 is 23.0 Å². The fraction of sp³-hybridized carbons (Fsp3) is 0.273. The quantitative estimate of drug-likeness (QED) is 0.628. The van der Waals surface area contributed by atoms with E-state index in [1.165, 1.54) is 5.57 Å². The Balaban J connectivity index is 2.07. The zero-order chi connectivity index (χ0) is 10.7. The Kier molecular flexibility index (Phi) is 3.69. The molecule has 4 heteroatoms. The molecule has 0 spiro atoms. The molecule has 1 aromatic rings. The lowest BCUT2D eigenvalue weighted by molar-refractivity contribution is 0.397. The summed E-state index contributed by atoms with van der Waals surface area (Å²) >= 11 is 1.90. The van der Waals surface area contributed by atoms with E-state index in [9.17, 15) is 0 Å². The van der Waals surface area contributed by atoms with Gasteiger partial charge in [0, 0.05) is 12.0 Å². The zero-order valence-electron chi connectivity index (χ0n) is 8.57. The lowest BCUT2D eigenvalue weighted by Crippen LogP contribution is -1.92. The second-order valence-corrected chi connectivity index (χ2v) is 4.29. The topological polar surface area (TPSA) is 22.4 Å². The highest BCUT2D eigenvalue weighted by atomic mass is 127. The third-order valence-corrected chi connectivity index (χ3v) is 2.83.